The summed E-state index contributed by atoms with van der Waals surface area (Å²) in [6, 6.07) is 6.89. The van der Waals surface area contributed by atoms with Crippen LogP contribution < -0.4 is 4.74 Å². The molecule has 1 aliphatic rings. The van der Waals surface area contributed by atoms with Gasteiger partial charge < -0.3 is 29.6 Å². The molecule has 1 fully saturated rings. The molecule has 0 aliphatic carbocycles. The zero-order valence-corrected chi connectivity index (χ0v) is 14.6. The molecule has 1 amide bonds. The maximum Gasteiger partial charge on any atom is 0.260 e. The fourth-order valence-corrected chi connectivity index (χ4v) is 2.52. The Labute approximate surface area is 152 Å². The fourth-order valence-electron chi connectivity index (χ4n) is 2.52. The fraction of sp³-hybridized carbons (Fsp3) is 0.389. The van der Waals surface area contributed by atoms with E-state index in [0.717, 1.165) is 11.8 Å². The predicted molar refractivity (Wildman–Crippen MR) is 95.5 cm³/mol. The van der Waals surface area contributed by atoms with Crippen LogP contribution in [0.5, 0.6) is 5.75 Å². The molecule has 140 valence electrons. The number of carbonyl (C=O) groups excluding carboxylic acids is 1. The molecule has 1 aromatic rings. The number of ether oxygens (including phenoxy) is 3. The highest BCUT2D eigenvalue weighted by atomic mass is 16.5. The minimum atomic E-state index is -0.292. The van der Waals surface area contributed by atoms with Gasteiger partial charge in [0.25, 0.3) is 5.91 Å². The van der Waals surface area contributed by atoms with Gasteiger partial charge in [-0.1, -0.05) is 12.1 Å². The van der Waals surface area contributed by atoms with E-state index in [9.17, 15) is 4.79 Å². The van der Waals surface area contributed by atoms with Gasteiger partial charge in [0.2, 0.25) is 5.90 Å². The molecule has 1 aromatic carbocycles. The Morgan fingerprint density at radius 3 is 2.73 bits per heavy atom. The van der Waals surface area contributed by atoms with Crippen LogP contribution in [0.2, 0.25) is 0 Å². The highest BCUT2D eigenvalue weighted by molar-refractivity contribution is 5.93. The van der Waals surface area contributed by atoms with Crippen LogP contribution in [0.3, 0.4) is 0 Å². The topological polar surface area (TPSA) is 116 Å². The molecule has 0 saturated carbocycles. The Morgan fingerprint density at radius 2 is 2.12 bits per heavy atom. The average Bonchev–Trinajstić information content (AvgIpc) is 3.13. The summed E-state index contributed by atoms with van der Waals surface area (Å²) in [4.78, 5) is 13.9. The Hall–Kier alpha value is -2.87. The SMILES string of the molecule is CO/C(=C/C=N)C(=N)OC1CCN(C(=O)COc2ccc(CO)cc2)C1. The second kappa shape index (κ2) is 9.57. The molecule has 0 radical (unpaired) electrons. The number of aliphatic hydroxyl groups is 1. The second-order valence-corrected chi connectivity index (χ2v) is 5.69. The zero-order valence-electron chi connectivity index (χ0n) is 14.6. The van der Waals surface area contributed by atoms with Crippen LogP contribution >= 0.6 is 0 Å². The summed E-state index contributed by atoms with van der Waals surface area (Å²) in [5.74, 6) is 0.414. The highest BCUT2D eigenvalue weighted by Crippen LogP contribution is 2.16. The molecule has 8 nitrogen and oxygen atoms in total. The van der Waals surface area contributed by atoms with Gasteiger partial charge in [-0.25, -0.2) is 0 Å². The van der Waals surface area contributed by atoms with Crippen LogP contribution in [-0.4, -0.2) is 60.9 Å². The first-order valence-electron chi connectivity index (χ1n) is 8.18. The first-order chi connectivity index (χ1) is 12.6. The van der Waals surface area contributed by atoms with Crippen molar-refractivity contribution < 1.29 is 24.1 Å². The lowest BCUT2D eigenvalue weighted by atomic mass is 10.2. The smallest absolute Gasteiger partial charge is 0.260 e. The zero-order chi connectivity index (χ0) is 18.9. The standard InChI is InChI=1S/C18H23N3O5/c1-24-16(6-8-19)18(20)26-15-7-9-21(10-15)17(23)12-25-14-4-2-13(11-22)3-5-14/h2-6,8,15,19-20,22H,7,9-12H2,1H3/b16-6+,19-8?,20-18?. The number of amides is 1. The molecular weight excluding hydrogens is 338 g/mol. The van der Waals surface area contributed by atoms with Gasteiger partial charge in [-0.2, -0.15) is 0 Å². The van der Waals surface area contributed by atoms with Crippen molar-refractivity contribution in [3.63, 3.8) is 0 Å². The van der Waals surface area contributed by atoms with Crippen molar-refractivity contribution >= 4 is 18.0 Å². The number of methoxy groups -OCH3 is 1. The molecule has 1 aliphatic heterocycles. The lowest BCUT2D eigenvalue weighted by Crippen LogP contribution is -2.34. The number of carbonyl (C=O) groups is 1. The van der Waals surface area contributed by atoms with E-state index in [1.54, 1.807) is 29.2 Å². The average molecular weight is 361 g/mol. The second-order valence-electron chi connectivity index (χ2n) is 5.69. The van der Waals surface area contributed by atoms with Crippen molar-refractivity contribution in [2.45, 2.75) is 19.1 Å². The number of hydrogen-bond donors (Lipinski definition) is 3. The van der Waals surface area contributed by atoms with E-state index in [0.29, 0.717) is 25.3 Å². The van der Waals surface area contributed by atoms with Gasteiger partial charge in [0.1, 0.15) is 11.9 Å². The number of rotatable bonds is 8. The van der Waals surface area contributed by atoms with Crippen molar-refractivity contribution in [3.8, 4) is 5.75 Å². The normalized spacial score (nSPS) is 16.9. The molecule has 2 rings (SSSR count). The number of benzene rings is 1. The van der Waals surface area contributed by atoms with Gasteiger partial charge >= 0.3 is 0 Å². The molecule has 0 bridgehead atoms. The van der Waals surface area contributed by atoms with Crippen LogP contribution in [0.25, 0.3) is 0 Å². The number of nitrogens with one attached hydrogen (secondary N) is 2. The van der Waals surface area contributed by atoms with E-state index in [4.69, 9.17) is 30.1 Å². The highest BCUT2D eigenvalue weighted by Gasteiger charge is 2.29. The summed E-state index contributed by atoms with van der Waals surface area (Å²) in [6.07, 6.45) is 2.67. The molecule has 26 heavy (non-hydrogen) atoms. The van der Waals surface area contributed by atoms with Crippen molar-refractivity contribution in [1.29, 1.82) is 10.8 Å². The van der Waals surface area contributed by atoms with Crippen LogP contribution in [0.15, 0.2) is 36.1 Å². The maximum absolute atomic E-state index is 12.3. The Morgan fingerprint density at radius 1 is 1.38 bits per heavy atom. The molecule has 1 atom stereocenters. The third-order valence-corrected chi connectivity index (χ3v) is 3.93. The third kappa shape index (κ3) is 5.32. The van der Waals surface area contributed by atoms with Crippen molar-refractivity contribution in [3.05, 3.63) is 41.7 Å². The Bertz CT molecular complexity index is 672. The van der Waals surface area contributed by atoms with Crippen molar-refractivity contribution in [2.24, 2.45) is 0 Å². The molecule has 1 heterocycles. The van der Waals surface area contributed by atoms with Gasteiger partial charge in [-0.3, -0.25) is 10.2 Å². The number of nitrogens with zero attached hydrogens (tertiary/aromatic N) is 1. The first kappa shape index (κ1) is 19.5. The molecule has 8 heteroatoms. The minimum absolute atomic E-state index is 0.0385. The van der Waals surface area contributed by atoms with Crippen LogP contribution in [0.4, 0.5) is 0 Å². The summed E-state index contributed by atoms with van der Waals surface area (Å²) in [6.45, 7) is 0.776. The van der Waals surface area contributed by atoms with Crippen LogP contribution in [0, 0.1) is 10.8 Å². The van der Waals surface area contributed by atoms with E-state index >= 15 is 0 Å². The molecule has 0 spiro atoms. The van der Waals surface area contributed by atoms with Gasteiger partial charge in [0.15, 0.2) is 12.4 Å². The summed E-state index contributed by atoms with van der Waals surface area (Å²) < 4.78 is 16.0. The number of likely N-dealkylation sites (tertiary alicyclic amines) is 1. The van der Waals surface area contributed by atoms with Gasteiger partial charge in [0, 0.05) is 25.3 Å². The van der Waals surface area contributed by atoms with Gasteiger partial charge in [0.05, 0.1) is 20.3 Å². The monoisotopic (exact) mass is 361 g/mol. The summed E-state index contributed by atoms with van der Waals surface area (Å²) >= 11 is 0. The van der Waals surface area contributed by atoms with Crippen molar-refractivity contribution in [1.82, 2.24) is 4.90 Å². The van der Waals surface area contributed by atoms with Gasteiger partial charge in [-0.15, -0.1) is 0 Å². The number of allylic oxidation sites excluding steroid dienone is 1. The maximum atomic E-state index is 12.3. The number of hydrogen-bond acceptors (Lipinski definition) is 7. The van der Waals surface area contributed by atoms with Crippen molar-refractivity contribution in [2.75, 3.05) is 26.8 Å². The molecule has 1 saturated heterocycles. The third-order valence-electron chi connectivity index (χ3n) is 3.93. The quantitative estimate of drug-likeness (QED) is 0.367. The van der Waals surface area contributed by atoms with E-state index < -0.39 is 0 Å². The molecule has 1 unspecified atom stereocenters. The largest absolute Gasteiger partial charge is 0.491 e. The van der Waals surface area contributed by atoms with Crippen LogP contribution in [-0.2, 0) is 20.9 Å². The predicted octanol–water partition coefficient (Wildman–Crippen LogP) is 1.33. The van der Waals surface area contributed by atoms with E-state index in [2.05, 4.69) is 0 Å². The Kier molecular flexibility index (Phi) is 7.16. The molecule has 3 N–H and O–H groups in total. The van der Waals surface area contributed by atoms with E-state index in [1.165, 1.54) is 13.2 Å². The first-order valence-corrected chi connectivity index (χ1v) is 8.18. The lowest BCUT2D eigenvalue weighted by molar-refractivity contribution is -0.132. The summed E-state index contributed by atoms with van der Waals surface area (Å²) in [5.41, 5.74) is 0.776. The summed E-state index contributed by atoms with van der Waals surface area (Å²) in [7, 11) is 1.40. The molecule has 0 aromatic heterocycles. The Balaban J connectivity index is 1.79. The van der Waals surface area contributed by atoms with E-state index in [-0.39, 0.29) is 36.9 Å². The van der Waals surface area contributed by atoms with Gasteiger partial charge in [-0.05, 0) is 17.7 Å². The lowest BCUT2D eigenvalue weighted by Gasteiger charge is -2.18. The molecular formula is C18H23N3O5. The minimum Gasteiger partial charge on any atom is -0.491 e. The van der Waals surface area contributed by atoms with E-state index in [1.807, 2.05) is 0 Å². The summed E-state index contributed by atoms with van der Waals surface area (Å²) in [5, 5.41) is 23.9. The number of aliphatic hydroxyl groups excluding tert-OH is 1. The van der Waals surface area contributed by atoms with Crippen LogP contribution in [0.1, 0.15) is 12.0 Å².